The molecule has 0 aromatic carbocycles. The van der Waals surface area contributed by atoms with E-state index in [0.29, 0.717) is 17.4 Å². The lowest BCUT2D eigenvalue weighted by Crippen LogP contribution is -2.37. The first-order valence-corrected chi connectivity index (χ1v) is 27.0. The molecule has 10 heteroatoms. The summed E-state index contributed by atoms with van der Waals surface area (Å²) >= 11 is 0. The summed E-state index contributed by atoms with van der Waals surface area (Å²) < 4.78 is 34.0. The van der Waals surface area contributed by atoms with Crippen molar-refractivity contribution in [2.45, 2.75) is 219 Å². The quantitative estimate of drug-likeness (QED) is 0.0195. The second kappa shape index (κ2) is 44.9. The van der Waals surface area contributed by atoms with E-state index in [1.54, 1.807) is 0 Å². The number of esters is 2. The van der Waals surface area contributed by atoms with Crippen LogP contribution in [0.2, 0.25) is 0 Å². The van der Waals surface area contributed by atoms with Gasteiger partial charge in [0.05, 0.1) is 27.7 Å². The number of carbonyl (C=O) groups is 2. The second-order valence-corrected chi connectivity index (χ2v) is 19.6. The summed E-state index contributed by atoms with van der Waals surface area (Å²) in [4.78, 5) is 37.6. The molecule has 9 nitrogen and oxygen atoms in total. The summed E-state index contributed by atoms with van der Waals surface area (Å²) in [6.07, 6.45) is 55.4. The number of carbonyl (C=O) groups excluding carboxylic acids is 2. The van der Waals surface area contributed by atoms with E-state index < -0.39 is 26.5 Å². The van der Waals surface area contributed by atoms with Crippen LogP contribution in [0.4, 0.5) is 0 Å². The van der Waals surface area contributed by atoms with Crippen molar-refractivity contribution in [1.29, 1.82) is 0 Å². The van der Waals surface area contributed by atoms with Crippen molar-refractivity contribution < 1.29 is 42.1 Å². The van der Waals surface area contributed by atoms with Crippen LogP contribution in [-0.4, -0.2) is 70.0 Å². The second-order valence-electron chi connectivity index (χ2n) is 18.2. The predicted octanol–water partition coefficient (Wildman–Crippen LogP) is 14.6. The molecule has 0 aliphatic heterocycles. The largest absolute Gasteiger partial charge is 0.756 e. The standard InChI is InChI=1S/C53H96NO8P/c1-6-8-10-12-14-16-18-20-21-22-23-24-25-26-27-28-29-30-31-32-33-34-36-38-40-42-44-46-53(56)62-51(50-61-63(57,58)60-48-47-54(3,4)5)49-59-52(55)45-43-41-39-37-35-19-17-15-13-11-9-7-2/h8,10,14,16,20-21,23-24,26-27,51H,6-7,9,11-13,15,17-19,22,25,28-50H2,1-5H3/b10-8-,16-14-,21-20-,24-23-,27-26-. The summed E-state index contributed by atoms with van der Waals surface area (Å²) in [6, 6.07) is 0. The van der Waals surface area contributed by atoms with Crippen LogP contribution in [0.25, 0.3) is 0 Å². The Bertz CT molecular complexity index is 1250. The molecule has 2 atom stereocenters. The molecule has 0 aromatic heterocycles. The molecule has 0 aliphatic rings. The third kappa shape index (κ3) is 49.0. The maximum atomic E-state index is 12.7. The minimum absolute atomic E-state index is 0.0320. The highest BCUT2D eigenvalue weighted by molar-refractivity contribution is 7.45. The lowest BCUT2D eigenvalue weighted by molar-refractivity contribution is -0.870. The smallest absolute Gasteiger partial charge is 0.306 e. The molecular formula is C53H96NO8P. The Hall–Kier alpha value is -2.29. The van der Waals surface area contributed by atoms with Crippen molar-refractivity contribution in [3.05, 3.63) is 60.8 Å². The summed E-state index contributed by atoms with van der Waals surface area (Å²) in [5.41, 5.74) is 0. The van der Waals surface area contributed by atoms with Crippen LogP contribution in [0.3, 0.4) is 0 Å². The number of hydrogen-bond acceptors (Lipinski definition) is 8. The Balaban J connectivity index is 4.18. The first-order chi connectivity index (χ1) is 30.5. The van der Waals surface area contributed by atoms with Gasteiger partial charge in [-0.2, -0.15) is 0 Å². The highest BCUT2D eigenvalue weighted by Crippen LogP contribution is 2.38. The van der Waals surface area contributed by atoms with Gasteiger partial charge in [-0.25, -0.2) is 0 Å². The topological polar surface area (TPSA) is 111 Å². The third-order valence-corrected chi connectivity index (χ3v) is 11.8. The normalized spacial score (nSPS) is 13.9. The number of rotatable bonds is 46. The summed E-state index contributed by atoms with van der Waals surface area (Å²) in [6.45, 7) is 4.12. The van der Waals surface area contributed by atoms with Gasteiger partial charge in [0.25, 0.3) is 7.82 Å². The molecule has 0 bridgehead atoms. The van der Waals surface area contributed by atoms with Crippen molar-refractivity contribution >= 4 is 19.8 Å². The lowest BCUT2D eigenvalue weighted by atomic mass is 10.0. The van der Waals surface area contributed by atoms with Crippen LogP contribution >= 0.6 is 7.82 Å². The SMILES string of the molecule is CC/C=C\C/C=C\C/C=C\C/C=C\C/C=C\CCCCCCCCCCCCCC(=O)OC(COC(=O)CCCCCCCCCCCCCC)COP(=O)([O-])OCC[N+](C)(C)C. The van der Waals surface area contributed by atoms with E-state index in [1.807, 2.05) is 21.1 Å². The number of allylic oxidation sites excluding steroid dienone is 10. The Morgan fingerprint density at radius 1 is 0.508 bits per heavy atom. The molecule has 0 amide bonds. The zero-order chi connectivity index (χ0) is 46.4. The van der Waals surface area contributed by atoms with E-state index >= 15 is 0 Å². The van der Waals surface area contributed by atoms with Gasteiger partial charge >= 0.3 is 11.9 Å². The van der Waals surface area contributed by atoms with Crippen LogP contribution in [0.5, 0.6) is 0 Å². The fourth-order valence-electron chi connectivity index (χ4n) is 6.86. The molecule has 0 N–H and O–H groups in total. The van der Waals surface area contributed by atoms with Gasteiger partial charge in [-0.15, -0.1) is 0 Å². The monoisotopic (exact) mass is 906 g/mol. The van der Waals surface area contributed by atoms with Crippen LogP contribution in [0, 0.1) is 0 Å². The van der Waals surface area contributed by atoms with E-state index in [0.717, 1.165) is 77.0 Å². The minimum Gasteiger partial charge on any atom is -0.756 e. The molecule has 0 heterocycles. The first kappa shape index (κ1) is 60.7. The number of likely N-dealkylation sites (N-methyl/N-ethyl adjacent to an activating group) is 1. The molecule has 2 unspecified atom stereocenters. The highest BCUT2D eigenvalue weighted by Gasteiger charge is 2.21. The van der Waals surface area contributed by atoms with Gasteiger partial charge < -0.3 is 27.9 Å². The van der Waals surface area contributed by atoms with Crippen LogP contribution in [0.15, 0.2) is 60.8 Å². The summed E-state index contributed by atoms with van der Waals surface area (Å²) in [5.74, 6) is -0.835. The average molecular weight is 906 g/mol. The van der Waals surface area contributed by atoms with E-state index in [9.17, 15) is 19.0 Å². The van der Waals surface area contributed by atoms with Crippen LogP contribution in [-0.2, 0) is 32.7 Å². The highest BCUT2D eigenvalue weighted by atomic mass is 31.2. The minimum atomic E-state index is -4.63. The molecule has 366 valence electrons. The number of phosphoric ester groups is 1. The number of hydrogen-bond donors (Lipinski definition) is 0. The van der Waals surface area contributed by atoms with E-state index in [1.165, 1.54) is 103 Å². The molecule has 63 heavy (non-hydrogen) atoms. The molecule has 0 aliphatic carbocycles. The van der Waals surface area contributed by atoms with Crippen molar-refractivity contribution in [1.82, 2.24) is 0 Å². The molecule has 0 saturated carbocycles. The lowest BCUT2D eigenvalue weighted by Gasteiger charge is -2.28. The molecule has 0 rings (SSSR count). The number of phosphoric acid groups is 1. The Labute approximate surface area is 387 Å². The summed E-state index contributed by atoms with van der Waals surface area (Å²) in [5, 5.41) is 0. The molecule has 0 fully saturated rings. The van der Waals surface area contributed by atoms with Crippen LogP contribution < -0.4 is 4.89 Å². The van der Waals surface area contributed by atoms with Gasteiger partial charge in [-0.1, -0.05) is 203 Å². The molecule has 0 radical (unpaired) electrons. The van der Waals surface area contributed by atoms with Crippen molar-refractivity contribution in [3.63, 3.8) is 0 Å². The number of unbranched alkanes of at least 4 members (excludes halogenated alkanes) is 22. The van der Waals surface area contributed by atoms with Gasteiger partial charge in [-0.05, 0) is 57.8 Å². The molecule has 0 saturated heterocycles. The van der Waals surface area contributed by atoms with Crippen molar-refractivity contribution in [3.8, 4) is 0 Å². The van der Waals surface area contributed by atoms with Gasteiger partial charge in [0, 0.05) is 12.8 Å². The van der Waals surface area contributed by atoms with Crippen LogP contribution in [0.1, 0.15) is 213 Å². The number of nitrogens with zero attached hydrogens (tertiary/aromatic N) is 1. The molecular weight excluding hydrogens is 810 g/mol. The predicted molar refractivity (Wildman–Crippen MR) is 263 cm³/mol. The number of quaternary nitrogens is 1. The third-order valence-electron chi connectivity index (χ3n) is 10.8. The maximum Gasteiger partial charge on any atom is 0.306 e. The van der Waals surface area contributed by atoms with Gasteiger partial charge in [0.2, 0.25) is 0 Å². The van der Waals surface area contributed by atoms with E-state index in [4.69, 9.17) is 18.5 Å². The molecule has 0 aromatic rings. The Morgan fingerprint density at radius 3 is 1.35 bits per heavy atom. The molecule has 0 spiro atoms. The zero-order valence-corrected chi connectivity index (χ0v) is 42.2. The van der Waals surface area contributed by atoms with Crippen molar-refractivity contribution in [2.24, 2.45) is 0 Å². The Morgan fingerprint density at radius 2 is 0.905 bits per heavy atom. The average Bonchev–Trinajstić information content (AvgIpc) is 3.24. The fraction of sp³-hybridized carbons (Fsp3) is 0.774. The van der Waals surface area contributed by atoms with Crippen molar-refractivity contribution in [2.75, 3.05) is 47.5 Å². The first-order valence-electron chi connectivity index (χ1n) is 25.5. The Kier molecular flexibility index (Phi) is 43.3. The fourth-order valence-corrected chi connectivity index (χ4v) is 7.59. The maximum absolute atomic E-state index is 12.7. The zero-order valence-electron chi connectivity index (χ0n) is 41.3. The van der Waals surface area contributed by atoms with Gasteiger partial charge in [-0.3, -0.25) is 14.2 Å². The number of ether oxygens (including phenoxy) is 2. The van der Waals surface area contributed by atoms with E-state index in [2.05, 4.69) is 74.6 Å². The van der Waals surface area contributed by atoms with Gasteiger partial charge in [0.15, 0.2) is 6.10 Å². The summed E-state index contributed by atoms with van der Waals surface area (Å²) in [7, 11) is 1.16. The van der Waals surface area contributed by atoms with E-state index in [-0.39, 0.29) is 32.0 Å². The van der Waals surface area contributed by atoms with Gasteiger partial charge in [0.1, 0.15) is 19.8 Å².